The number of aryl methyl sites for hydroxylation is 1. The molecule has 1 aromatic rings. The summed E-state index contributed by atoms with van der Waals surface area (Å²) >= 11 is 5.34. The molecular formula is C13H17BrN2S. The molecule has 2 nitrogen and oxygen atoms in total. The predicted molar refractivity (Wildman–Crippen MR) is 81.0 cm³/mol. The van der Waals surface area contributed by atoms with Gasteiger partial charge in [0, 0.05) is 22.5 Å². The topological polar surface area (TPSA) is 24.4 Å². The summed E-state index contributed by atoms with van der Waals surface area (Å²) < 4.78 is 1.13. The van der Waals surface area contributed by atoms with Gasteiger partial charge in [0.25, 0.3) is 0 Å². The first-order valence-electron chi connectivity index (χ1n) is 5.67. The molecule has 1 heterocycles. The molecule has 0 aromatic heterocycles. The molecule has 92 valence electrons. The Morgan fingerprint density at radius 3 is 2.76 bits per heavy atom. The molecule has 4 heteroatoms. The van der Waals surface area contributed by atoms with Crippen LogP contribution in [0, 0.1) is 12.3 Å². The summed E-state index contributed by atoms with van der Waals surface area (Å²) in [6.07, 6.45) is 0. The smallest absolute Gasteiger partial charge is 0.161 e. The Hall–Kier alpha value is -0.480. The zero-order valence-electron chi connectivity index (χ0n) is 10.4. The second kappa shape index (κ2) is 5.02. The van der Waals surface area contributed by atoms with Gasteiger partial charge < -0.3 is 5.32 Å². The molecule has 0 atom stereocenters. The number of nitrogens with zero attached hydrogens (tertiary/aromatic N) is 1. The van der Waals surface area contributed by atoms with E-state index in [0.29, 0.717) is 5.41 Å². The molecule has 0 saturated carbocycles. The van der Waals surface area contributed by atoms with E-state index in [1.165, 1.54) is 5.56 Å². The van der Waals surface area contributed by atoms with Crippen LogP contribution in [-0.2, 0) is 0 Å². The third kappa shape index (κ3) is 3.49. The van der Waals surface area contributed by atoms with Gasteiger partial charge in [0.05, 0.1) is 0 Å². The Balaban J connectivity index is 2.07. The number of rotatable bonds is 1. The van der Waals surface area contributed by atoms with Crippen LogP contribution in [0.5, 0.6) is 0 Å². The van der Waals surface area contributed by atoms with Gasteiger partial charge in [-0.05, 0) is 30.0 Å². The van der Waals surface area contributed by atoms with Crippen molar-refractivity contribution in [2.45, 2.75) is 20.8 Å². The van der Waals surface area contributed by atoms with Crippen LogP contribution < -0.4 is 5.32 Å². The number of hydrogen-bond acceptors (Lipinski definition) is 3. The summed E-state index contributed by atoms with van der Waals surface area (Å²) in [6, 6.07) is 6.28. The van der Waals surface area contributed by atoms with Gasteiger partial charge in [-0.25, -0.2) is 0 Å². The van der Waals surface area contributed by atoms with E-state index in [2.05, 4.69) is 65.2 Å². The van der Waals surface area contributed by atoms with Crippen LogP contribution in [0.2, 0.25) is 0 Å². The van der Waals surface area contributed by atoms with Gasteiger partial charge in [0.15, 0.2) is 5.17 Å². The van der Waals surface area contributed by atoms with Gasteiger partial charge in [-0.2, -0.15) is 0 Å². The second-order valence-electron chi connectivity index (χ2n) is 5.16. The van der Waals surface area contributed by atoms with Crippen molar-refractivity contribution in [2.24, 2.45) is 10.4 Å². The monoisotopic (exact) mass is 312 g/mol. The van der Waals surface area contributed by atoms with E-state index in [0.717, 1.165) is 27.6 Å². The molecule has 0 radical (unpaired) electrons. The van der Waals surface area contributed by atoms with E-state index in [4.69, 9.17) is 0 Å². The van der Waals surface area contributed by atoms with Crippen molar-refractivity contribution in [3.8, 4) is 0 Å². The summed E-state index contributed by atoms with van der Waals surface area (Å²) in [6.45, 7) is 7.49. The van der Waals surface area contributed by atoms with E-state index in [1.54, 1.807) is 11.8 Å². The molecule has 2 rings (SSSR count). The molecule has 0 fully saturated rings. The third-order valence-corrected chi connectivity index (χ3v) is 4.96. The number of hydrogen-bond donors (Lipinski definition) is 1. The standard InChI is InChI=1S/C13H17BrN2S/c1-9-4-5-10(6-11(9)14)16-12-15-7-13(2,3)8-17-12/h4-6H,7-8H2,1-3H3,(H,15,16). The number of benzene rings is 1. The average molecular weight is 313 g/mol. The Bertz CT molecular complexity index is 455. The van der Waals surface area contributed by atoms with Crippen molar-refractivity contribution in [3.05, 3.63) is 28.2 Å². The fourth-order valence-corrected chi connectivity index (χ4v) is 2.85. The van der Waals surface area contributed by atoms with Crippen molar-refractivity contribution < 1.29 is 0 Å². The quantitative estimate of drug-likeness (QED) is 0.836. The second-order valence-corrected chi connectivity index (χ2v) is 6.98. The highest BCUT2D eigenvalue weighted by atomic mass is 79.9. The fraction of sp³-hybridized carbons (Fsp3) is 0.462. The number of nitrogens with one attached hydrogen (secondary N) is 1. The third-order valence-electron chi connectivity index (χ3n) is 2.67. The molecule has 0 amide bonds. The summed E-state index contributed by atoms with van der Waals surface area (Å²) in [7, 11) is 0. The summed E-state index contributed by atoms with van der Waals surface area (Å²) in [4.78, 5) is 4.58. The Kier molecular flexibility index (Phi) is 3.83. The van der Waals surface area contributed by atoms with Crippen LogP contribution in [0.4, 0.5) is 5.69 Å². The lowest BCUT2D eigenvalue weighted by Crippen LogP contribution is -2.27. The van der Waals surface area contributed by atoms with Crippen LogP contribution >= 0.6 is 27.7 Å². The number of anilines is 1. The van der Waals surface area contributed by atoms with Crippen molar-refractivity contribution in [2.75, 3.05) is 17.6 Å². The molecule has 0 saturated heterocycles. The van der Waals surface area contributed by atoms with E-state index in [-0.39, 0.29) is 0 Å². The first-order chi connectivity index (χ1) is 7.96. The largest absolute Gasteiger partial charge is 0.335 e. The molecule has 1 aliphatic heterocycles. The van der Waals surface area contributed by atoms with Crippen LogP contribution in [0.15, 0.2) is 27.7 Å². The first kappa shape index (κ1) is 13.0. The van der Waals surface area contributed by atoms with Crippen molar-refractivity contribution in [1.29, 1.82) is 0 Å². The zero-order chi connectivity index (χ0) is 12.5. The predicted octanol–water partition coefficient (Wildman–Crippen LogP) is 4.30. The van der Waals surface area contributed by atoms with Crippen LogP contribution in [-0.4, -0.2) is 17.5 Å². The van der Waals surface area contributed by atoms with Crippen molar-refractivity contribution in [3.63, 3.8) is 0 Å². The maximum atomic E-state index is 4.58. The van der Waals surface area contributed by atoms with E-state index in [9.17, 15) is 0 Å². The highest BCUT2D eigenvalue weighted by Gasteiger charge is 2.23. The highest BCUT2D eigenvalue weighted by Crippen LogP contribution is 2.29. The lowest BCUT2D eigenvalue weighted by molar-refractivity contribution is 0.438. The van der Waals surface area contributed by atoms with Gasteiger partial charge in [-0.15, -0.1) is 0 Å². The minimum atomic E-state index is 0.323. The molecule has 1 aromatic carbocycles. The normalized spacial score (nSPS) is 18.7. The Morgan fingerprint density at radius 2 is 2.18 bits per heavy atom. The number of halogens is 1. The molecule has 0 spiro atoms. The van der Waals surface area contributed by atoms with Gasteiger partial charge in [0.2, 0.25) is 0 Å². The SMILES string of the molecule is Cc1ccc(NC2=NCC(C)(C)CS2)cc1Br. The molecule has 0 aliphatic carbocycles. The Labute approximate surface area is 115 Å². The lowest BCUT2D eigenvalue weighted by Gasteiger charge is -2.27. The van der Waals surface area contributed by atoms with Gasteiger partial charge in [-0.1, -0.05) is 47.6 Å². The summed E-state index contributed by atoms with van der Waals surface area (Å²) in [5.74, 6) is 1.12. The summed E-state index contributed by atoms with van der Waals surface area (Å²) in [5, 5.41) is 4.40. The van der Waals surface area contributed by atoms with Crippen LogP contribution in [0.1, 0.15) is 19.4 Å². The molecule has 0 bridgehead atoms. The van der Waals surface area contributed by atoms with E-state index < -0.39 is 0 Å². The maximum Gasteiger partial charge on any atom is 0.161 e. The maximum absolute atomic E-state index is 4.58. The zero-order valence-corrected chi connectivity index (χ0v) is 12.8. The molecule has 1 N–H and O–H groups in total. The van der Waals surface area contributed by atoms with E-state index >= 15 is 0 Å². The van der Waals surface area contributed by atoms with Crippen molar-refractivity contribution >= 4 is 38.5 Å². The average Bonchev–Trinajstić information content (AvgIpc) is 2.27. The molecule has 17 heavy (non-hydrogen) atoms. The van der Waals surface area contributed by atoms with Crippen LogP contribution in [0.3, 0.4) is 0 Å². The number of amidine groups is 1. The summed E-state index contributed by atoms with van der Waals surface area (Å²) in [5.41, 5.74) is 2.66. The van der Waals surface area contributed by atoms with Crippen LogP contribution in [0.25, 0.3) is 0 Å². The molecular weight excluding hydrogens is 296 g/mol. The minimum absolute atomic E-state index is 0.323. The van der Waals surface area contributed by atoms with Gasteiger partial charge >= 0.3 is 0 Å². The van der Waals surface area contributed by atoms with Crippen molar-refractivity contribution in [1.82, 2.24) is 0 Å². The molecule has 0 unspecified atom stereocenters. The molecule has 1 aliphatic rings. The van der Waals surface area contributed by atoms with Gasteiger partial charge in [0.1, 0.15) is 0 Å². The minimum Gasteiger partial charge on any atom is -0.335 e. The lowest BCUT2D eigenvalue weighted by atomic mass is 9.97. The number of thioether (sulfide) groups is 1. The fourth-order valence-electron chi connectivity index (χ4n) is 1.51. The first-order valence-corrected chi connectivity index (χ1v) is 7.45. The number of aliphatic imine (C=N–C) groups is 1. The Morgan fingerprint density at radius 1 is 1.41 bits per heavy atom. The van der Waals surface area contributed by atoms with Gasteiger partial charge in [-0.3, -0.25) is 4.99 Å². The van der Waals surface area contributed by atoms with E-state index in [1.807, 2.05) is 0 Å². The highest BCUT2D eigenvalue weighted by molar-refractivity contribution is 9.10.